The van der Waals surface area contributed by atoms with Crippen LogP contribution in [0, 0.1) is 6.92 Å². The average Bonchev–Trinajstić information content (AvgIpc) is 3.47. The summed E-state index contributed by atoms with van der Waals surface area (Å²) >= 11 is 3.47. The van der Waals surface area contributed by atoms with Crippen molar-refractivity contribution < 1.29 is 24.1 Å². The van der Waals surface area contributed by atoms with Crippen molar-refractivity contribution in [2.75, 3.05) is 33.0 Å². The Morgan fingerprint density at radius 2 is 1.73 bits per heavy atom. The van der Waals surface area contributed by atoms with E-state index in [1.165, 1.54) is 5.56 Å². The van der Waals surface area contributed by atoms with Crippen LogP contribution in [0.25, 0.3) is 6.08 Å². The third kappa shape index (κ3) is 4.84. The van der Waals surface area contributed by atoms with Gasteiger partial charge < -0.3 is 19.3 Å². The molecular weight excluding hydrogens is 536 g/mol. The Labute approximate surface area is 224 Å². The fraction of sp³-hybridized carbons (Fsp3) is 0.276. The molecule has 190 valence electrons. The maximum absolute atomic E-state index is 13.2. The van der Waals surface area contributed by atoms with E-state index in [9.17, 15) is 9.90 Å². The molecule has 1 fully saturated rings. The SMILES string of the molecule is Cc1cc(O)c(CN2CCN(Cc3ccc4c(c3)OCO4)CC2)c2c1C(=O)/C(=C/c1cccc(Br)c1)O2. The Morgan fingerprint density at radius 3 is 2.51 bits per heavy atom. The molecule has 3 aliphatic heterocycles. The highest BCUT2D eigenvalue weighted by atomic mass is 79.9. The monoisotopic (exact) mass is 562 g/mol. The van der Waals surface area contributed by atoms with Gasteiger partial charge in [0.05, 0.1) is 11.1 Å². The molecular formula is C29H27BrN2O5. The van der Waals surface area contributed by atoms with Crippen LogP contribution in [-0.2, 0) is 13.1 Å². The molecule has 3 aromatic carbocycles. The minimum atomic E-state index is -0.151. The number of phenolic OH excluding ortho intramolecular Hbond substituents is 1. The largest absolute Gasteiger partial charge is 0.507 e. The first-order chi connectivity index (χ1) is 17.9. The molecule has 0 bridgehead atoms. The number of benzene rings is 3. The van der Waals surface area contributed by atoms with E-state index in [0.29, 0.717) is 29.0 Å². The molecule has 0 aromatic heterocycles. The van der Waals surface area contributed by atoms with Gasteiger partial charge in [-0.1, -0.05) is 34.1 Å². The van der Waals surface area contributed by atoms with Gasteiger partial charge in [-0.15, -0.1) is 0 Å². The van der Waals surface area contributed by atoms with E-state index in [1.807, 2.05) is 37.3 Å². The third-order valence-corrected chi connectivity index (χ3v) is 7.55. The van der Waals surface area contributed by atoms with E-state index in [2.05, 4.69) is 37.9 Å². The van der Waals surface area contributed by atoms with Crippen molar-refractivity contribution in [2.45, 2.75) is 20.0 Å². The van der Waals surface area contributed by atoms with Crippen molar-refractivity contribution in [1.29, 1.82) is 0 Å². The quantitative estimate of drug-likeness (QED) is 0.432. The number of Topliss-reactive ketones (excluding diaryl/α,β-unsaturated/α-hetero) is 1. The van der Waals surface area contributed by atoms with Gasteiger partial charge in [0, 0.05) is 43.7 Å². The van der Waals surface area contributed by atoms with Crippen LogP contribution in [0.2, 0.25) is 0 Å². The van der Waals surface area contributed by atoms with E-state index in [-0.39, 0.29) is 24.1 Å². The first-order valence-corrected chi connectivity index (χ1v) is 13.1. The summed E-state index contributed by atoms with van der Waals surface area (Å²) in [6, 6.07) is 15.5. The zero-order valence-electron chi connectivity index (χ0n) is 20.5. The highest BCUT2D eigenvalue weighted by Crippen LogP contribution is 2.42. The van der Waals surface area contributed by atoms with E-state index in [0.717, 1.165) is 54.3 Å². The van der Waals surface area contributed by atoms with Gasteiger partial charge in [-0.05, 0) is 60.0 Å². The predicted molar refractivity (Wildman–Crippen MR) is 143 cm³/mol. The number of ketones is 1. The molecule has 0 radical (unpaired) electrons. The number of aromatic hydroxyl groups is 1. The van der Waals surface area contributed by atoms with Crippen LogP contribution in [-0.4, -0.2) is 53.7 Å². The standard InChI is InChI=1S/C29H27BrN2O5/c1-18-11-23(33)22(29-27(18)28(34)26(37-29)13-19-3-2-4-21(30)12-19)16-32-9-7-31(8-10-32)15-20-5-6-24-25(14-20)36-17-35-24/h2-6,11-14,33H,7-10,15-17H2,1H3/b26-13-. The molecule has 3 aromatic rings. The maximum Gasteiger partial charge on any atom is 0.232 e. The summed E-state index contributed by atoms with van der Waals surface area (Å²) in [5, 5.41) is 10.8. The predicted octanol–water partition coefficient (Wildman–Crippen LogP) is 5.13. The number of ether oxygens (including phenoxy) is 3. The fourth-order valence-electron chi connectivity index (χ4n) is 5.11. The van der Waals surface area contributed by atoms with Gasteiger partial charge in [-0.2, -0.15) is 0 Å². The molecule has 6 rings (SSSR count). The molecule has 0 atom stereocenters. The molecule has 0 aliphatic carbocycles. The molecule has 8 heteroatoms. The van der Waals surface area contributed by atoms with Crippen LogP contribution in [0.3, 0.4) is 0 Å². The zero-order chi connectivity index (χ0) is 25.5. The summed E-state index contributed by atoms with van der Waals surface area (Å²) < 4.78 is 18.0. The van der Waals surface area contributed by atoms with E-state index < -0.39 is 0 Å². The van der Waals surface area contributed by atoms with Crippen LogP contribution in [0.1, 0.15) is 32.6 Å². The smallest absolute Gasteiger partial charge is 0.232 e. The molecule has 1 saturated heterocycles. The van der Waals surface area contributed by atoms with Crippen LogP contribution in [0.15, 0.2) is 58.8 Å². The second-order valence-corrected chi connectivity index (χ2v) is 10.5. The van der Waals surface area contributed by atoms with Crippen molar-refractivity contribution in [3.8, 4) is 23.0 Å². The van der Waals surface area contributed by atoms with Gasteiger partial charge in [0.2, 0.25) is 12.6 Å². The van der Waals surface area contributed by atoms with Gasteiger partial charge in [0.1, 0.15) is 11.5 Å². The number of hydrogen-bond acceptors (Lipinski definition) is 7. The number of rotatable bonds is 5. The van der Waals surface area contributed by atoms with Gasteiger partial charge in [-0.3, -0.25) is 14.6 Å². The maximum atomic E-state index is 13.2. The number of fused-ring (bicyclic) bond motifs is 2. The molecule has 37 heavy (non-hydrogen) atoms. The van der Waals surface area contributed by atoms with Crippen molar-refractivity contribution >= 4 is 27.8 Å². The van der Waals surface area contributed by atoms with E-state index in [4.69, 9.17) is 14.2 Å². The van der Waals surface area contributed by atoms with Gasteiger partial charge in [0.25, 0.3) is 0 Å². The first kappa shape index (κ1) is 24.0. The molecule has 7 nitrogen and oxygen atoms in total. The Hall–Kier alpha value is -3.33. The van der Waals surface area contributed by atoms with Crippen LogP contribution in [0.4, 0.5) is 0 Å². The van der Waals surface area contributed by atoms with E-state index >= 15 is 0 Å². The third-order valence-electron chi connectivity index (χ3n) is 7.06. The highest BCUT2D eigenvalue weighted by Gasteiger charge is 2.34. The summed E-state index contributed by atoms with van der Waals surface area (Å²) in [5.41, 5.74) is 3.98. The zero-order valence-corrected chi connectivity index (χ0v) is 22.1. The number of hydrogen-bond donors (Lipinski definition) is 1. The van der Waals surface area contributed by atoms with E-state index in [1.54, 1.807) is 12.1 Å². The highest BCUT2D eigenvalue weighted by molar-refractivity contribution is 9.10. The molecule has 0 unspecified atom stereocenters. The lowest BCUT2D eigenvalue weighted by atomic mass is 9.99. The lowest BCUT2D eigenvalue weighted by Gasteiger charge is -2.35. The van der Waals surface area contributed by atoms with Crippen molar-refractivity contribution in [3.63, 3.8) is 0 Å². The number of carbonyl (C=O) groups is 1. The number of carbonyl (C=O) groups excluding carboxylic acids is 1. The molecule has 0 amide bonds. The van der Waals surface area contributed by atoms with Crippen molar-refractivity contribution in [1.82, 2.24) is 9.80 Å². The molecule has 3 aliphatic rings. The Bertz CT molecular complexity index is 1410. The normalized spacial score (nSPS) is 18.3. The fourth-order valence-corrected chi connectivity index (χ4v) is 5.52. The Balaban J connectivity index is 1.15. The van der Waals surface area contributed by atoms with Crippen molar-refractivity contribution in [2.24, 2.45) is 0 Å². The van der Waals surface area contributed by atoms with Crippen molar-refractivity contribution in [3.05, 3.63) is 86.6 Å². The van der Waals surface area contributed by atoms with Gasteiger partial charge in [-0.25, -0.2) is 0 Å². The summed E-state index contributed by atoms with van der Waals surface area (Å²) in [4.78, 5) is 17.9. The lowest BCUT2D eigenvalue weighted by Crippen LogP contribution is -2.45. The molecule has 0 spiro atoms. The summed E-state index contributed by atoms with van der Waals surface area (Å²) in [6.45, 7) is 6.97. The number of aryl methyl sites for hydroxylation is 1. The number of halogens is 1. The number of piperazine rings is 1. The van der Waals surface area contributed by atoms with Gasteiger partial charge in [0.15, 0.2) is 17.3 Å². The minimum absolute atomic E-state index is 0.151. The summed E-state index contributed by atoms with van der Waals surface area (Å²) in [5.74, 6) is 2.37. The van der Waals surface area contributed by atoms with Crippen LogP contribution in [0.5, 0.6) is 23.0 Å². The first-order valence-electron chi connectivity index (χ1n) is 12.3. The number of nitrogens with zero attached hydrogens (tertiary/aromatic N) is 2. The summed E-state index contributed by atoms with van der Waals surface area (Å²) in [6.07, 6.45) is 1.75. The second kappa shape index (κ2) is 9.85. The number of allylic oxidation sites excluding steroid dienone is 1. The minimum Gasteiger partial charge on any atom is -0.507 e. The average molecular weight is 563 g/mol. The molecule has 3 heterocycles. The Morgan fingerprint density at radius 1 is 0.973 bits per heavy atom. The molecule has 0 saturated carbocycles. The van der Waals surface area contributed by atoms with Gasteiger partial charge >= 0.3 is 0 Å². The Kier molecular flexibility index (Phi) is 6.40. The second-order valence-electron chi connectivity index (χ2n) is 9.63. The van der Waals surface area contributed by atoms with Crippen LogP contribution >= 0.6 is 15.9 Å². The van der Waals surface area contributed by atoms with Crippen LogP contribution < -0.4 is 14.2 Å². The topological polar surface area (TPSA) is 71.5 Å². The lowest BCUT2D eigenvalue weighted by molar-refractivity contribution is 0.101. The summed E-state index contributed by atoms with van der Waals surface area (Å²) in [7, 11) is 0. The number of phenols is 1. The molecule has 1 N–H and O–H groups in total.